The number of hydrogen-bond donors (Lipinski definition) is 1. The van der Waals surface area contributed by atoms with Crippen molar-refractivity contribution in [1.29, 1.82) is 0 Å². The number of rotatable bonds is 1. The summed E-state index contributed by atoms with van der Waals surface area (Å²) in [6, 6.07) is 7.34. The van der Waals surface area contributed by atoms with Crippen molar-refractivity contribution < 1.29 is 0 Å². The Labute approximate surface area is 59.4 Å². The van der Waals surface area contributed by atoms with E-state index in [1.165, 1.54) is 6.54 Å². The van der Waals surface area contributed by atoms with Crippen LogP contribution in [0.25, 0.3) is 0 Å². The average molecular weight is 141 g/mol. The topological polar surface area (TPSA) is 26.0 Å². The smallest absolute Gasteiger partial charge is 0.0491 e. The fourth-order valence-electron chi connectivity index (χ4n) is 0.574. The predicted molar refractivity (Wildman–Crippen MR) is 39.0 cm³/mol. The number of benzene rings is 1. The minimum atomic E-state index is 0.737. The number of halogens is 1. The first kappa shape index (κ1) is 6.59. The Morgan fingerprint density at radius 3 is 2.22 bits per heavy atom. The summed E-state index contributed by atoms with van der Waals surface area (Å²) in [5.74, 6) is 0. The molecule has 0 amide bonds. The molecule has 0 aromatic heterocycles. The van der Waals surface area contributed by atoms with Crippen LogP contribution in [0.1, 0.15) is 5.56 Å². The molecular formula is C7H7ClN. The average Bonchev–Trinajstić information content (AvgIpc) is 1.90. The Morgan fingerprint density at radius 1 is 1.22 bits per heavy atom. The van der Waals surface area contributed by atoms with Gasteiger partial charge in [0.2, 0.25) is 0 Å². The molecule has 9 heavy (non-hydrogen) atoms. The standard InChI is InChI=1S/C7H7ClN/c8-7-3-1-6(5-9)2-4-7/h1-5H,9H2. The zero-order chi connectivity index (χ0) is 6.69. The molecule has 0 unspecified atom stereocenters. The van der Waals surface area contributed by atoms with Gasteiger partial charge >= 0.3 is 0 Å². The van der Waals surface area contributed by atoms with Gasteiger partial charge in [-0.1, -0.05) is 23.7 Å². The molecule has 0 aliphatic rings. The van der Waals surface area contributed by atoms with Crippen LogP contribution in [-0.4, -0.2) is 0 Å². The van der Waals surface area contributed by atoms with Crippen LogP contribution < -0.4 is 5.73 Å². The highest BCUT2D eigenvalue weighted by atomic mass is 35.5. The molecule has 1 nitrogen and oxygen atoms in total. The molecule has 2 N–H and O–H groups in total. The van der Waals surface area contributed by atoms with Gasteiger partial charge < -0.3 is 5.73 Å². The van der Waals surface area contributed by atoms with Gasteiger partial charge in [0.15, 0.2) is 0 Å². The zero-order valence-electron chi connectivity index (χ0n) is 4.84. The minimum absolute atomic E-state index is 0.737. The fraction of sp³-hybridized carbons (Fsp3) is 0. The van der Waals surface area contributed by atoms with E-state index < -0.39 is 0 Å². The molecule has 0 saturated heterocycles. The molecule has 0 heterocycles. The van der Waals surface area contributed by atoms with Crippen molar-refractivity contribution >= 4 is 11.6 Å². The van der Waals surface area contributed by atoms with Crippen molar-refractivity contribution in [2.75, 3.05) is 0 Å². The summed E-state index contributed by atoms with van der Waals surface area (Å²) in [4.78, 5) is 0. The number of hydrogen-bond acceptors (Lipinski definition) is 1. The molecule has 0 bridgehead atoms. The largest absolute Gasteiger partial charge is 0.322 e. The second kappa shape index (κ2) is 2.85. The Balaban J connectivity index is 2.88. The first-order valence-corrected chi connectivity index (χ1v) is 3.01. The second-order valence-corrected chi connectivity index (χ2v) is 2.15. The molecule has 1 radical (unpaired) electrons. The lowest BCUT2D eigenvalue weighted by molar-refractivity contribution is 1.35. The van der Waals surface area contributed by atoms with Crippen molar-refractivity contribution in [2.45, 2.75) is 0 Å². The normalized spacial score (nSPS) is 9.56. The molecule has 0 spiro atoms. The maximum atomic E-state index is 5.61. The van der Waals surface area contributed by atoms with E-state index in [4.69, 9.17) is 17.3 Å². The van der Waals surface area contributed by atoms with Crippen LogP contribution in [0.3, 0.4) is 0 Å². The van der Waals surface area contributed by atoms with Gasteiger partial charge in [-0.15, -0.1) is 0 Å². The molecule has 0 fully saturated rings. The molecule has 2 heteroatoms. The molecular weight excluding hydrogens is 134 g/mol. The van der Waals surface area contributed by atoms with Gasteiger partial charge in [0.1, 0.15) is 0 Å². The Morgan fingerprint density at radius 2 is 1.78 bits per heavy atom. The number of nitrogens with two attached hydrogens (primary N) is 1. The quantitative estimate of drug-likeness (QED) is 0.633. The molecule has 1 rings (SSSR count). The van der Waals surface area contributed by atoms with Crippen molar-refractivity contribution in [3.8, 4) is 0 Å². The van der Waals surface area contributed by atoms with Crippen molar-refractivity contribution in [3.05, 3.63) is 41.4 Å². The summed E-state index contributed by atoms with van der Waals surface area (Å²) in [5.41, 5.74) is 6.22. The lowest BCUT2D eigenvalue weighted by Gasteiger charge is -1.92. The summed E-state index contributed by atoms with van der Waals surface area (Å²) in [6.07, 6.45) is 0. The molecule has 0 saturated carbocycles. The molecule has 47 valence electrons. The maximum absolute atomic E-state index is 5.61. The van der Waals surface area contributed by atoms with Gasteiger partial charge in [-0.3, -0.25) is 0 Å². The monoisotopic (exact) mass is 140 g/mol. The van der Waals surface area contributed by atoms with E-state index in [0.29, 0.717) is 0 Å². The third-order valence-corrected chi connectivity index (χ3v) is 1.31. The van der Waals surface area contributed by atoms with Crippen LogP contribution in [-0.2, 0) is 0 Å². The summed E-state index contributed by atoms with van der Waals surface area (Å²) >= 11 is 5.61. The van der Waals surface area contributed by atoms with Gasteiger partial charge in [0.05, 0.1) is 0 Å². The minimum Gasteiger partial charge on any atom is -0.322 e. The molecule has 0 aliphatic carbocycles. The fourth-order valence-corrected chi connectivity index (χ4v) is 0.700. The summed E-state index contributed by atoms with van der Waals surface area (Å²) in [5, 5.41) is 0.737. The predicted octanol–water partition coefficient (Wildman–Crippen LogP) is 1.81. The van der Waals surface area contributed by atoms with Gasteiger partial charge in [0, 0.05) is 11.6 Å². The summed E-state index contributed by atoms with van der Waals surface area (Å²) < 4.78 is 0. The lowest BCUT2D eigenvalue weighted by Crippen LogP contribution is -1.90. The third-order valence-electron chi connectivity index (χ3n) is 1.06. The highest BCUT2D eigenvalue weighted by molar-refractivity contribution is 6.30. The first-order valence-electron chi connectivity index (χ1n) is 2.63. The van der Waals surface area contributed by atoms with Gasteiger partial charge in [-0.25, -0.2) is 0 Å². The molecule has 0 aliphatic heterocycles. The summed E-state index contributed by atoms with van der Waals surface area (Å²) in [7, 11) is 0. The van der Waals surface area contributed by atoms with Gasteiger partial charge in [0.25, 0.3) is 0 Å². The van der Waals surface area contributed by atoms with Crippen LogP contribution >= 0.6 is 11.6 Å². The van der Waals surface area contributed by atoms with Crippen molar-refractivity contribution in [1.82, 2.24) is 0 Å². The van der Waals surface area contributed by atoms with E-state index >= 15 is 0 Å². The Bertz CT molecular complexity index is 181. The SMILES string of the molecule is N[CH]c1ccc(Cl)cc1. The van der Waals surface area contributed by atoms with Crippen LogP contribution in [0.4, 0.5) is 0 Å². The molecule has 1 aromatic rings. The zero-order valence-corrected chi connectivity index (χ0v) is 5.60. The maximum Gasteiger partial charge on any atom is 0.0491 e. The molecule has 1 aromatic carbocycles. The van der Waals surface area contributed by atoms with E-state index in [0.717, 1.165) is 10.6 Å². The summed E-state index contributed by atoms with van der Waals surface area (Å²) in [6.45, 7) is 1.54. The highest BCUT2D eigenvalue weighted by Gasteiger charge is 1.87. The third kappa shape index (κ3) is 1.70. The van der Waals surface area contributed by atoms with Crippen LogP contribution in [0, 0.1) is 6.54 Å². The highest BCUT2D eigenvalue weighted by Crippen LogP contribution is 2.08. The second-order valence-electron chi connectivity index (χ2n) is 1.72. The van der Waals surface area contributed by atoms with Crippen molar-refractivity contribution in [2.24, 2.45) is 5.73 Å². The van der Waals surface area contributed by atoms with E-state index in [1.807, 2.05) is 12.1 Å². The van der Waals surface area contributed by atoms with Gasteiger partial charge in [-0.2, -0.15) is 0 Å². The van der Waals surface area contributed by atoms with E-state index in [1.54, 1.807) is 12.1 Å². The first-order chi connectivity index (χ1) is 4.33. The van der Waals surface area contributed by atoms with E-state index in [2.05, 4.69) is 0 Å². The van der Waals surface area contributed by atoms with E-state index in [-0.39, 0.29) is 0 Å². The lowest BCUT2D eigenvalue weighted by atomic mass is 10.2. The van der Waals surface area contributed by atoms with Gasteiger partial charge in [-0.05, 0) is 17.7 Å². The van der Waals surface area contributed by atoms with Crippen LogP contribution in [0.2, 0.25) is 5.02 Å². The Kier molecular flexibility index (Phi) is 2.09. The Hall–Kier alpha value is -0.530. The van der Waals surface area contributed by atoms with Crippen LogP contribution in [0.15, 0.2) is 24.3 Å². The molecule has 0 atom stereocenters. The van der Waals surface area contributed by atoms with Crippen LogP contribution in [0.5, 0.6) is 0 Å². The van der Waals surface area contributed by atoms with Crippen molar-refractivity contribution in [3.63, 3.8) is 0 Å². The van der Waals surface area contributed by atoms with E-state index in [9.17, 15) is 0 Å².